The molecule has 2 aromatic heterocycles. The number of hydrogen-bond donors (Lipinski definition) is 0. The Morgan fingerprint density at radius 3 is 1.83 bits per heavy atom. The van der Waals surface area contributed by atoms with Gasteiger partial charge in [-0.2, -0.15) is 0 Å². The summed E-state index contributed by atoms with van der Waals surface area (Å²) in [5.41, 5.74) is 8.71. The standard InChI is InChI=1S/C41H26N4S/c1-3-13-29(14-4-1)39-42-40(30-15-5-2-6-16-30)44-41(43-39)31-17-11-18-32(26-31)45-34-20-9-8-19-33(34)37-35(45)25-24-28-23-22-27-12-7-10-21-36(27)46-38(28)37/h1-26H. The van der Waals surface area contributed by atoms with Gasteiger partial charge in [-0.25, -0.2) is 15.0 Å². The Morgan fingerprint density at radius 2 is 1.07 bits per heavy atom. The molecule has 9 rings (SSSR count). The van der Waals surface area contributed by atoms with Gasteiger partial charge >= 0.3 is 0 Å². The quantitative estimate of drug-likeness (QED) is 0.200. The van der Waals surface area contributed by atoms with Crippen LogP contribution in [-0.4, -0.2) is 19.5 Å². The Labute approximate surface area is 270 Å². The molecule has 0 radical (unpaired) electrons. The first kappa shape index (κ1) is 26.6. The van der Waals surface area contributed by atoms with Crippen molar-refractivity contribution in [2.75, 3.05) is 0 Å². The normalized spacial score (nSPS) is 12.2. The van der Waals surface area contributed by atoms with Crippen molar-refractivity contribution < 1.29 is 0 Å². The minimum absolute atomic E-state index is 0.640. The van der Waals surface area contributed by atoms with Gasteiger partial charge in [0.05, 0.1) is 11.0 Å². The third-order valence-electron chi connectivity index (χ3n) is 8.46. The molecule has 5 heteroatoms. The molecule has 8 aromatic rings. The minimum Gasteiger partial charge on any atom is -0.309 e. The van der Waals surface area contributed by atoms with Crippen molar-refractivity contribution in [1.82, 2.24) is 19.5 Å². The highest BCUT2D eigenvalue weighted by Crippen LogP contribution is 2.45. The zero-order chi connectivity index (χ0) is 30.5. The molecule has 216 valence electrons. The van der Waals surface area contributed by atoms with Gasteiger partial charge in [-0.15, -0.1) is 0 Å². The van der Waals surface area contributed by atoms with Crippen molar-refractivity contribution in [3.8, 4) is 39.9 Å². The smallest absolute Gasteiger partial charge is 0.164 e. The topological polar surface area (TPSA) is 43.6 Å². The van der Waals surface area contributed by atoms with E-state index in [1.54, 1.807) is 0 Å². The van der Waals surface area contributed by atoms with Crippen molar-refractivity contribution in [1.29, 1.82) is 0 Å². The zero-order valence-electron chi connectivity index (χ0n) is 24.7. The van der Waals surface area contributed by atoms with Crippen LogP contribution in [-0.2, 0) is 0 Å². The van der Waals surface area contributed by atoms with Crippen LogP contribution in [0.2, 0.25) is 0 Å². The van der Waals surface area contributed by atoms with Gasteiger partial charge in [0, 0.05) is 42.9 Å². The fourth-order valence-corrected chi connectivity index (χ4v) is 7.48. The van der Waals surface area contributed by atoms with Crippen LogP contribution in [0, 0.1) is 0 Å². The van der Waals surface area contributed by atoms with E-state index < -0.39 is 0 Å². The van der Waals surface area contributed by atoms with Crippen LogP contribution >= 0.6 is 11.8 Å². The van der Waals surface area contributed by atoms with E-state index >= 15 is 0 Å². The van der Waals surface area contributed by atoms with Crippen molar-refractivity contribution in [2.45, 2.75) is 9.79 Å². The molecule has 46 heavy (non-hydrogen) atoms. The Hall–Kier alpha value is -5.78. The van der Waals surface area contributed by atoms with Crippen LogP contribution < -0.4 is 0 Å². The maximum atomic E-state index is 4.99. The first-order valence-electron chi connectivity index (χ1n) is 15.3. The van der Waals surface area contributed by atoms with Crippen molar-refractivity contribution in [3.63, 3.8) is 0 Å². The van der Waals surface area contributed by atoms with Gasteiger partial charge in [-0.05, 0) is 41.5 Å². The molecule has 0 bridgehead atoms. The Bertz CT molecular complexity index is 2390. The summed E-state index contributed by atoms with van der Waals surface area (Å²) in [7, 11) is 0. The number of nitrogens with zero attached hydrogens (tertiary/aromatic N) is 4. The highest BCUT2D eigenvalue weighted by Gasteiger charge is 2.20. The third-order valence-corrected chi connectivity index (χ3v) is 9.69. The summed E-state index contributed by atoms with van der Waals surface area (Å²) in [5, 5.41) is 2.50. The Morgan fingerprint density at radius 1 is 0.457 bits per heavy atom. The highest BCUT2D eigenvalue weighted by atomic mass is 32.2. The van der Waals surface area contributed by atoms with Crippen LogP contribution in [0.3, 0.4) is 0 Å². The van der Waals surface area contributed by atoms with Gasteiger partial charge in [0.1, 0.15) is 0 Å². The minimum atomic E-state index is 0.640. The Balaban J connectivity index is 1.24. The fraction of sp³-hybridized carbons (Fsp3) is 0. The number of rotatable bonds is 4. The van der Waals surface area contributed by atoms with Crippen LogP contribution in [0.1, 0.15) is 11.1 Å². The lowest BCUT2D eigenvalue weighted by Crippen LogP contribution is -2.01. The van der Waals surface area contributed by atoms with Gasteiger partial charge in [-0.1, -0.05) is 139 Å². The molecule has 0 spiro atoms. The van der Waals surface area contributed by atoms with E-state index in [4.69, 9.17) is 15.0 Å². The fourth-order valence-electron chi connectivity index (χ4n) is 6.29. The van der Waals surface area contributed by atoms with E-state index in [1.807, 2.05) is 72.4 Å². The molecule has 0 unspecified atom stereocenters. The second kappa shape index (κ2) is 11.0. The molecule has 1 aliphatic heterocycles. The molecule has 0 aliphatic carbocycles. The zero-order valence-corrected chi connectivity index (χ0v) is 25.5. The number of para-hydroxylation sites is 1. The van der Waals surface area contributed by atoms with Crippen LogP contribution in [0.15, 0.2) is 155 Å². The summed E-state index contributed by atoms with van der Waals surface area (Å²) >= 11 is 1.85. The average Bonchev–Trinajstić information content (AvgIpc) is 3.35. The van der Waals surface area contributed by atoms with Crippen LogP contribution in [0.4, 0.5) is 0 Å². The molecule has 1 aliphatic rings. The van der Waals surface area contributed by atoms with E-state index in [1.165, 1.54) is 37.2 Å². The van der Waals surface area contributed by atoms with Gasteiger partial charge in [0.2, 0.25) is 0 Å². The van der Waals surface area contributed by atoms with Crippen molar-refractivity contribution >= 4 is 45.7 Å². The summed E-state index contributed by atoms with van der Waals surface area (Å²) in [6.07, 6.45) is 4.47. The summed E-state index contributed by atoms with van der Waals surface area (Å²) in [5.74, 6) is 1.95. The van der Waals surface area contributed by atoms with E-state index in [0.717, 1.165) is 27.9 Å². The molecule has 0 atom stereocenters. The van der Waals surface area contributed by atoms with Gasteiger partial charge in [-0.3, -0.25) is 0 Å². The van der Waals surface area contributed by atoms with Gasteiger partial charge in [0.25, 0.3) is 0 Å². The van der Waals surface area contributed by atoms with E-state index in [0.29, 0.717) is 17.5 Å². The first-order chi connectivity index (χ1) is 22.8. The van der Waals surface area contributed by atoms with Gasteiger partial charge < -0.3 is 4.57 Å². The molecule has 0 fully saturated rings. The highest BCUT2D eigenvalue weighted by molar-refractivity contribution is 7.99. The third kappa shape index (κ3) is 4.52. The second-order valence-electron chi connectivity index (χ2n) is 11.3. The molecule has 0 saturated heterocycles. The molecular weight excluding hydrogens is 581 g/mol. The van der Waals surface area contributed by atoms with Crippen LogP contribution in [0.25, 0.3) is 73.8 Å². The molecule has 6 aromatic carbocycles. The lowest BCUT2D eigenvalue weighted by Gasteiger charge is -2.12. The van der Waals surface area contributed by atoms with Crippen LogP contribution in [0.5, 0.6) is 0 Å². The predicted octanol–water partition coefficient (Wildman–Crippen LogP) is 10.6. The second-order valence-corrected chi connectivity index (χ2v) is 12.3. The van der Waals surface area contributed by atoms with Crippen molar-refractivity contribution in [3.05, 3.63) is 157 Å². The maximum absolute atomic E-state index is 4.99. The molecule has 4 nitrogen and oxygen atoms in total. The lowest BCUT2D eigenvalue weighted by atomic mass is 10.1. The summed E-state index contributed by atoms with van der Waals surface area (Å²) in [6, 6.07) is 50.6. The number of fused-ring (bicyclic) bond motifs is 6. The van der Waals surface area contributed by atoms with Crippen molar-refractivity contribution in [2.24, 2.45) is 0 Å². The molecule has 0 amide bonds. The number of benzene rings is 6. The SMILES string of the molecule is C1=Cc2ccc3c(c2Sc2ccccc21)c1ccccc1n3-c1cccc(-c2nc(-c3ccccc3)nc(-c3ccccc3)n2)c1. The summed E-state index contributed by atoms with van der Waals surface area (Å²) < 4.78 is 2.37. The summed E-state index contributed by atoms with van der Waals surface area (Å²) in [6.45, 7) is 0. The molecular formula is C41H26N4S. The molecule has 3 heterocycles. The van der Waals surface area contributed by atoms with E-state index in [2.05, 4.69) is 102 Å². The largest absolute Gasteiger partial charge is 0.309 e. The van der Waals surface area contributed by atoms with Gasteiger partial charge in [0.15, 0.2) is 17.5 Å². The number of hydrogen-bond acceptors (Lipinski definition) is 4. The Kier molecular flexibility index (Phi) is 6.35. The maximum Gasteiger partial charge on any atom is 0.164 e. The molecule has 0 N–H and O–H groups in total. The number of aromatic nitrogens is 4. The first-order valence-corrected chi connectivity index (χ1v) is 16.1. The molecule has 0 saturated carbocycles. The lowest BCUT2D eigenvalue weighted by molar-refractivity contribution is 1.07. The average molecular weight is 607 g/mol. The predicted molar refractivity (Wildman–Crippen MR) is 190 cm³/mol. The monoisotopic (exact) mass is 606 g/mol. The van der Waals surface area contributed by atoms with E-state index in [-0.39, 0.29) is 0 Å². The van der Waals surface area contributed by atoms with E-state index in [9.17, 15) is 0 Å². The summed E-state index contributed by atoms with van der Waals surface area (Å²) in [4.78, 5) is 17.4.